The van der Waals surface area contributed by atoms with Crippen LogP contribution in [0.4, 0.5) is 13.2 Å². The zero-order valence-electron chi connectivity index (χ0n) is 15.1. The molecule has 0 aromatic carbocycles. The molecule has 0 bridgehead atoms. The number of ether oxygens (including phenoxy) is 2. The van der Waals surface area contributed by atoms with E-state index in [1.54, 1.807) is 6.92 Å². The van der Waals surface area contributed by atoms with Crippen molar-refractivity contribution < 1.29 is 27.4 Å². The summed E-state index contributed by atoms with van der Waals surface area (Å²) in [7, 11) is 1.36. The monoisotopic (exact) mass is 440 g/mol. The Morgan fingerprint density at radius 2 is 2.14 bits per heavy atom. The molecule has 0 aliphatic carbocycles. The number of nitrogens with zero attached hydrogens (tertiary/aromatic N) is 4. The lowest BCUT2D eigenvalue weighted by atomic mass is 10.2. The molecule has 0 N–H and O–H groups in total. The molecule has 12 heteroatoms. The predicted octanol–water partition coefficient (Wildman–Crippen LogP) is 3.76. The van der Waals surface area contributed by atoms with Crippen LogP contribution in [0.5, 0.6) is 0 Å². The lowest BCUT2D eigenvalue weighted by Gasteiger charge is -2.23. The Bertz CT molecular complexity index is 892. The van der Waals surface area contributed by atoms with E-state index in [4.69, 9.17) is 27.9 Å². The number of rotatable bonds is 8. The third-order valence-electron chi connectivity index (χ3n) is 3.63. The highest BCUT2D eigenvalue weighted by Crippen LogP contribution is 2.24. The first-order valence-corrected chi connectivity index (χ1v) is 8.95. The smallest absolute Gasteiger partial charge is 0.358 e. The highest BCUT2D eigenvalue weighted by Gasteiger charge is 2.22. The SMILES string of the molecule is CCOC(=O)c1cn2c(/C(CCl)=N/N(C)C(C)OC(F)F)c(F)cc(Cl)c2n1. The third-order valence-corrected chi connectivity index (χ3v) is 4.16. The van der Waals surface area contributed by atoms with Gasteiger partial charge < -0.3 is 4.74 Å². The molecule has 1 unspecified atom stereocenters. The van der Waals surface area contributed by atoms with Crippen LogP contribution in [0, 0.1) is 5.82 Å². The first kappa shape index (κ1) is 22.3. The van der Waals surface area contributed by atoms with Gasteiger partial charge in [-0.3, -0.25) is 14.1 Å². The van der Waals surface area contributed by atoms with Gasteiger partial charge in [0.2, 0.25) is 0 Å². The minimum absolute atomic E-state index is 0.0131. The number of aromatic nitrogens is 2. The maximum absolute atomic E-state index is 14.7. The van der Waals surface area contributed by atoms with E-state index in [1.165, 1.54) is 24.6 Å². The van der Waals surface area contributed by atoms with Crippen molar-refractivity contribution in [2.75, 3.05) is 19.5 Å². The molecule has 1 atom stereocenters. The van der Waals surface area contributed by atoms with Gasteiger partial charge in [0.1, 0.15) is 17.6 Å². The Kier molecular flexibility index (Phi) is 7.50. The van der Waals surface area contributed by atoms with Gasteiger partial charge in [-0.15, -0.1) is 11.6 Å². The van der Waals surface area contributed by atoms with Crippen molar-refractivity contribution in [3.8, 4) is 0 Å². The van der Waals surface area contributed by atoms with E-state index < -0.39 is 24.6 Å². The van der Waals surface area contributed by atoms with Crippen molar-refractivity contribution in [2.45, 2.75) is 26.7 Å². The number of fused-ring (bicyclic) bond motifs is 1. The Morgan fingerprint density at radius 3 is 2.71 bits per heavy atom. The van der Waals surface area contributed by atoms with Gasteiger partial charge in [0.05, 0.1) is 17.5 Å². The predicted molar refractivity (Wildman–Crippen MR) is 97.7 cm³/mol. The summed E-state index contributed by atoms with van der Waals surface area (Å²) < 4.78 is 49.9. The van der Waals surface area contributed by atoms with Gasteiger partial charge in [0.25, 0.3) is 0 Å². The van der Waals surface area contributed by atoms with Gasteiger partial charge >= 0.3 is 12.6 Å². The molecule has 0 aliphatic heterocycles. The summed E-state index contributed by atoms with van der Waals surface area (Å²) in [5, 5.41) is 5.08. The van der Waals surface area contributed by atoms with E-state index in [0.29, 0.717) is 0 Å². The molecular formula is C16H17Cl2F3N4O3. The van der Waals surface area contributed by atoms with Gasteiger partial charge in [0.15, 0.2) is 17.2 Å². The average Bonchev–Trinajstić information content (AvgIpc) is 3.05. The summed E-state index contributed by atoms with van der Waals surface area (Å²) in [4.78, 5) is 16.0. The number of hydrogen-bond acceptors (Lipinski definition) is 6. The number of pyridine rings is 1. The number of carbonyl (C=O) groups excluding carboxylic acids is 1. The zero-order chi connectivity index (χ0) is 21.0. The molecule has 28 heavy (non-hydrogen) atoms. The summed E-state index contributed by atoms with van der Waals surface area (Å²) in [6, 6.07) is 0.995. The standard InChI is InChI=1S/C16H17Cl2F3N4O3/c1-4-27-15(26)12-7-25-13(10(19)5-9(18)14(25)22-12)11(6-17)23-24(3)8(2)28-16(20)21/h5,7-8,16H,4,6H2,1-3H3/b23-11+. The Morgan fingerprint density at radius 1 is 1.46 bits per heavy atom. The second kappa shape index (κ2) is 9.44. The molecule has 2 aromatic rings. The van der Waals surface area contributed by atoms with Crippen LogP contribution in [-0.2, 0) is 9.47 Å². The fourth-order valence-corrected chi connectivity index (χ4v) is 2.71. The molecule has 0 spiro atoms. The number of imidazole rings is 1. The fourth-order valence-electron chi connectivity index (χ4n) is 2.30. The molecule has 7 nitrogen and oxygen atoms in total. The second-order valence-corrected chi connectivity index (χ2v) is 6.15. The number of carbonyl (C=O) groups is 1. The summed E-state index contributed by atoms with van der Waals surface area (Å²) in [6.07, 6.45) is 0.126. The fraction of sp³-hybridized carbons (Fsp3) is 0.438. The van der Waals surface area contributed by atoms with Crippen molar-refractivity contribution in [1.29, 1.82) is 0 Å². The average molecular weight is 441 g/mol. The first-order chi connectivity index (χ1) is 13.2. The number of alkyl halides is 3. The van der Waals surface area contributed by atoms with Crippen LogP contribution in [0.15, 0.2) is 17.4 Å². The van der Waals surface area contributed by atoms with Gasteiger partial charge in [-0.25, -0.2) is 14.2 Å². The topological polar surface area (TPSA) is 68.4 Å². The van der Waals surface area contributed by atoms with Crippen LogP contribution in [0.2, 0.25) is 5.02 Å². The van der Waals surface area contributed by atoms with E-state index in [2.05, 4.69) is 14.8 Å². The van der Waals surface area contributed by atoms with Crippen molar-refractivity contribution in [3.63, 3.8) is 0 Å². The summed E-state index contributed by atoms with van der Waals surface area (Å²) >= 11 is 11.9. The maximum Gasteiger partial charge on any atom is 0.358 e. The van der Waals surface area contributed by atoms with Crippen LogP contribution in [0.3, 0.4) is 0 Å². The Balaban J connectivity index is 2.56. The lowest BCUT2D eigenvalue weighted by molar-refractivity contribution is -0.193. The van der Waals surface area contributed by atoms with Crippen LogP contribution >= 0.6 is 23.2 Å². The van der Waals surface area contributed by atoms with Crippen LogP contribution in [0.25, 0.3) is 5.65 Å². The highest BCUT2D eigenvalue weighted by molar-refractivity contribution is 6.34. The number of hydrazone groups is 1. The van der Waals surface area contributed by atoms with E-state index in [1.807, 2.05) is 0 Å². The first-order valence-electron chi connectivity index (χ1n) is 8.04. The minimum atomic E-state index is -3.01. The van der Waals surface area contributed by atoms with E-state index in [-0.39, 0.29) is 40.3 Å². The molecule has 0 fully saturated rings. The molecule has 0 radical (unpaired) electrons. The largest absolute Gasteiger partial charge is 0.461 e. The van der Waals surface area contributed by atoms with Crippen molar-refractivity contribution in [3.05, 3.63) is 34.5 Å². The van der Waals surface area contributed by atoms with Crippen LogP contribution in [0.1, 0.15) is 30.0 Å². The van der Waals surface area contributed by atoms with E-state index in [0.717, 1.165) is 11.1 Å². The number of esters is 1. The van der Waals surface area contributed by atoms with Crippen LogP contribution in [-0.4, -0.2) is 58.4 Å². The van der Waals surface area contributed by atoms with Crippen molar-refractivity contribution >= 4 is 40.5 Å². The summed E-state index contributed by atoms with van der Waals surface area (Å²) in [5.74, 6) is -1.78. The van der Waals surface area contributed by atoms with Gasteiger partial charge in [0, 0.05) is 13.2 Å². The third kappa shape index (κ3) is 4.86. The van der Waals surface area contributed by atoms with Gasteiger partial charge in [-0.1, -0.05) is 11.6 Å². The Hall–Kier alpha value is -2.04. The molecule has 2 rings (SSSR count). The molecule has 2 aromatic heterocycles. The maximum atomic E-state index is 14.7. The number of hydrogen-bond donors (Lipinski definition) is 0. The van der Waals surface area contributed by atoms with Gasteiger partial charge in [-0.2, -0.15) is 13.9 Å². The Labute approximate surface area is 168 Å². The molecule has 154 valence electrons. The molecule has 0 aliphatic rings. The summed E-state index contributed by atoms with van der Waals surface area (Å²) in [6.45, 7) is 0.0865. The molecule has 0 amide bonds. The van der Waals surface area contributed by atoms with Gasteiger partial charge in [-0.05, 0) is 19.9 Å². The van der Waals surface area contributed by atoms with E-state index >= 15 is 0 Å². The molecule has 2 heterocycles. The zero-order valence-corrected chi connectivity index (χ0v) is 16.6. The van der Waals surface area contributed by atoms with E-state index in [9.17, 15) is 18.0 Å². The molecule has 0 saturated carbocycles. The second-order valence-electron chi connectivity index (χ2n) is 5.48. The normalized spacial score (nSPS) is 13.2. The molecule has 0 saturated heterocycles. The quantitative estimate of drug-likeness (QED) is 0.205. The summed E-state index contributed by atoms with van der Waals surface area (Å²) in [5.41, 5.74) is -0.153. The van der Waals surface area contributed by atoms with Crippen molar-refractivity contribution in [1.82, 2.24) is 14.4 Å². The molecular weight excluding hydrogens is 424 g/mol. The van der Waals surface area contributed by atoms with Crippen LogP contribution < -0.4 is 0 Å². The highest BCUT2D eigenvalue weighted by atomic mass is 35.5. The number of halogens is 5. The minimum Gasteiger partial charge on any atom is -0.461 e. The lowest BCUT2D eigenvalue weighted by Crippen LogP contribution is -2.30. The van der Waals surface area contributed by atoms with Crippen molar-refractivity contribution in [2.24, 2.45) is 5.10 Å².